The molecule has 0 bridgehead atoms. The number of anilines is 2. The number of carbonyl (C=O) groups excluding carboxylic acids is 1. The van der Waals surface area contributed by atoms with Crippen molar-refractivity contribution in [3.05, 3.63) is 88.2 Å². The normalized spacial score (nSPS) is 11.1. The van der Waals surface area contributed by atoms with Gasteiger partial charge in [-0.25, -0.2) is 12.8 Å². The molecule has 0 atom stereocenters. The largest absolute Gasteiger partial charge is 0.322 e. The SMILES string of the molecule is O=C(Nc1cccc(S(=O)(=O)Nc2ccccc2Cl)c1)c1cccc(F)c1Cl. The van der Waals surface area contributed by atoms with Crippen molar-refractivity contribution in [2.24, 2.45) is 0 Å². The van der Waals surface area contributed by atoms with Gasteiger partial charge in [-0.2, -0.15) is 0 Å². The van der Waals surface area contributed by atoms with E-state index in [4.69, 9.17) is 23.2 Å². The standard InChI is InChI=1S/C19H13Cl2FN2O3S/c20-15-8-1-2-10-17(15)24-28(26,27)13-6-3-5-12(11-13)23-19(25)14-7-4-9-16(22)18(14)21/h1-11,24H,(H,23,25). The number of nitrogens with one attached hydrogen (secondary N) is 2. The average molecular weight is 439 g/mol. The number of halogens is 3. The van der Waals surface area contributed by atoms with Gasteiger partial charge in [-0.15, -0.1) is 0 Å². The van der Waals surface area contributed by atoms with Gasteiger partial charge in [-0.05, 0) is 42.5 Å². The smallest absolute Gasteiger partial charge is 0.262 e. The lowest BCUT2D eigenvalue weighted by Gasteiger charge is -2.11. The molecular weight excluding hydrogens is 426 g/mol. The van der Waals surface area contributed by atoms with Gasteiger partial charge in [0.05, 0.1) is 26.2 Å². The number of carbonyl (C=O) groups is 1. The van der Waals surface area contributed by atoms with Gasteiger partial charge in [0.15, 0.2) is 0 Å². The lowest BCUT2D eigenvalue weighted by Crippen LogP contribution is -2.15. The first kappa shape index (κ1) is 20.1. The molecular formula is C19H13Cl2FN2O3S. The van der Waals surface area contributed by atoms with E-state index in [-0.39, 0.29) is 31.9 Å². The van der Waals surface area contributed by atoms with E-state index < -0.39 is 21.7 Å². The number of para-hydroxylation sites is 1. The van der Waals surface area contributed by atoms with Crippen molar-refractivity contribution in [2.75, 3.05) is 10.0 Å². The predicted molar refractivity (Wildman–Crippen MR) is 108 cm³/mol. The van der Waals surface area contributed by atoms with Crippen molar-refractivity contribution < 1.29 is 17.6 Å². The fraction of sp³-hybridized carbons (Fsp3) is 0. The van der Waals surface area contributed by atoms with E-state index in [9.17, 15) is 17.6 Å². The molecule has 1 amide bonds. The summed E-state index contributed by atoms with van der Waals surface area (Å²) in [5.41, 5.74) is 0.363. The van der Waals surface area contributed by atoms with Gasteiger partial charge in [0.25, 0.3) is 15.9 Å². The molecule has 2 N–H and O–H groups in total. The lowest BCUT2D eigenvalue weighted by molar-refractivity contribution is 0.102. The van der Waals surface area contributed by atoms with E-state index in [2.05, 4.69) is 10.0 Å². The molecule has 0 saturated heterocycles. The molecule has 9 heteroatoms. The maximum absolute atomic E-state index is 13.5. The van der Waals surface area contributed by atoms with Crippen LogP contribution in [0.1, 0.15) is 10.4 Å². The second kappa shape index (κ2) is 8.18. The third kappa shape index (κ3) is 4.44. The summed E-state index contributed by atoms with van der Waals surface area (Å²) < 4.78 is 41.1. The van der Waals surface area contributed by atoms with E-state index >= 15 is 0 Å². The molecule has 0 heterocycles. The topological polar surface area (TPSA) is 75.3 Å². The van der Waals surface area contributed by atoms with Crippen LogP contribution in [0.2, 0.25) is 10.0 Å². The molecule has 28 heavy (non-hydrogen) atoms. The fourth-order valence-electron chi connectivity index (χ4n) is 2.37. The molecule has 3 aromatic carbocycles. The summed E-state index contributed by atoms with van der Waals surface area (Å²) in [7, 11) is -3.95. The van der Waals surface area contributed by atoms with Crippen molar-refractivity contribution >= 4 is 50.5 Å². The Morgan fingerprint density at radius 3 is 2.39 bits per heavy atom. The van der Waals surface area contributed by atoms with Crippen LogP contribution in [0, 0.1) is 5.82 Å². The highest BCUT2D eigenvalue weighted by atomic mass is 35.5. The van der Waals surface area contributed by atoms with E-state index in [0.717, 1.165) is 6.07 Å². The average Bonchev–Trinajstić information content (AvgIpc) is 2.66. The first-order chi connectivity index (χ1) is 13.3. The second-order valence-electron chi connectivity index (χ2n) is 5.67. The van der Waals surface area contributed by atoms with Crippen LogP contribution >= 0.6 is 23.2 Å². The molecule has 0 radical (unpaired) electrons. The first-order valence-corrected chi connectivity index (χ1v) is 10.1. The number of amides is 1. The Labute approximate surface area is 171 Å². The van der Waals surface area contributed by atoms with E-state index in [1.807, 2.05) is 0 Å². The number of hydrogen-bond donors (Lipinski definition) is 2. The summed E-state index contributed by atoms with van der Waals surface area (Å²) in [4.78, 5) is 12.3. The van der Waals surface area contributed by atoms with Crippen LogP contribution in [0.25, 0.3) is 0 Å². The maximum atomic E-state index is 13.5. The molecule has 5 nitrogen and oxygen atoms in total. The molecule has 0 aliphatic rings. The highest BCUT2D eigenvalue weighted by Crippen LogP contribution is 2.26. The van der Waals surface area contributed by atoms with Crippen LogP contribution in [0.3, 0.4) is 0 Å². The first-order valence-electron chi connectivity index (χ1n) is 7.91. The Kier molecular flexibility index (Phi) is 5.88. The molecule has 0 saturated carbocycles. The van der Waals surface area contributed by atoms with Crippen LogP contribution in [0.5, 0.6) is 0 Å². The Bertz CT molecular complexity index is 1150. The zero-order chi connectivity index (χ0) is 20.3. The summed E-state index contributed by atoms with van der Waals surface area (Å²) in [6, 6.07) is 15.8. The Balaban J connectivity index is 1.85. The Morgan fingerprint density at radius 2 is 1.64 bits per heavy atom. The van der Waals surface area contributed by atoms with Crippen LogP contribution in [-0.2, 0) is 10.0 Å². The van der Waals surface area contributed by atoms with Gasteiger partial charge in [0.1, 0.15) is 5.82 Å². The minimum absolute atomic E-state index is 0.0656. The molecule has 144 valence electrons. The Hall–Kier alpha value is -2.61. The molecule has 0 aliphatic heterocycles. The van der Waals surface area contributed by atoms with Crippen molar-refractivity contribution in [2.45, 2.75) is 4.90 Å². The van der Waals surface area contributed by atoms with Gasteiger partial charge < -0.3 is 5.32 Å². The zero-order valence-corrected chi connectivity index (χ0v) is 16.4. The van der Waals surface area contributed by atoms with Crippen LogP contribution in [-0.4, -0.2) is 14.3 Å². The summed E-state index contributed by atoms with van der Waals surface area (Å²) in [6.45, 7) is 0. The van der Waals surface area contributed by atoms with Crippen molar-refractivity contribution in [1.29, 1.82) is 0 Å². The molecule has 0 spiro atoms. The third-order valence-electron chi connectivity index (χ3n) is 3.72. The number of benzene rings is 3. The molecule has 0 aromatic heterocycles. The summed E-state index contributed by atoms with van der Waals surface area (Å²) in [5, 5.41) is 2.44. The summed E-state index contributed by atoms with van der Waals surface area (Å²) in [6.07, 6.45) is 0. The second-order valence-corrected chi connectivity index (χ2v) is 8.14. The van der Waals surface area contributed by atoms with Crippen LogP contribution in [0.15, 0.2) is 71.6 Å². The molecule has 3 rings (SSSR count). The number of rotatable bonds is 5. The van der Waals surface area contributed by atoms with Gasteiger partial charge in [0.2, 0.25) is 0 Å². The maximum Gasteiger partial charge on any atom is 0.262 e. The van der Waals surface area contributed by atoms with Gasteiger partial charge in [-0.3, -0.25) is 9.52 Å². The minimum atomic E-state index is -3.95. The summed E-state index contributed by atoms with van der Waals surface area (Å²) in [5.74, 6) is -1.40. The monoisotopic (exact) mass is 438 g/mol. The van der Waals surface area contributed by atoms with E-state index in [1.165, 1.54) is 42.5 Å². The molecule has 0 unspecified atom stereocenters. The predicted octanol–water partition coefficient (Wildman–Crippen LogP) is 5.19. The minimum Gasteiger partial charge on any atom is -0.322 e. The van der Waals surface area contributed by atoms with Crippen LogP contribution in [0.4, 0.5) is 15.8 Å². The van der Waals surface area contributed by atoms with E-state index in [1.54, 1.807) is 18.2 Å². The number of sulfonamides is 1. The molecule has 3 aromatic rings. The van der Waals surface area contributed by atoms with Gasteiger partial charge in [0, 0.05) is 5.69 Å². The van der Waals surface area contributed by atoms with Gasteiger partial charge in [-0.1, -0.05) is 47.5 Å². The molecule has 0 aliphatic carbocycles. The Morgan fingerprint density at radius 1 is 0.929 bits per heavy atom. The highest BCUT2D eigenvalue weighted by Gasteiger charge is 2.18. The third-order valence-corrected chi connectivity index (χ3v) is 5.79. The summed E-state index contributed by atoms with van der Waals surface area (Å²) >= 11 is 11.8. The quantitative estimate of drug-likeness (QED) is 0.575. The van der Waals surface area contributed by atoms with Crippen LogP contribution < -0.4 is 10.0 Å². The van der Waals surface area contributed by atoms with Gasteiger partial charge >= 0.3 is 0 Å². The lowest BCUT2D eigenvalue weighted by atomic mass is 10.2. The fourth-order valence-corrected chi connectivity index (χ4v) is 3.94. The van der Waals surface area contributed by atoms with Crippen molar-refractivity contribution in [1.82, 2.24) is 0 Å². The van der Waals surface area contributed by atoms with Crippen molar-refractivity contribution in [3.63, 3.8) is 0 Å². The van der Waals surface area contributed by atoms with E-state index in [0.29, 0.717) is 0 Å². The van der Waals surface area contributed by atoms with Crippen molar-refractivity contribution in [3.8, 4) is 0 Å². The highest BCUT2D eigenvalue weighted by molar-refractivity contribution is 7.92. The number of hydrogen-bond acceptors (Lipinski definition) is 3. The molecule has 0 fully saturated rings. The zero-order valence-electron chi connectivity index (χ0n) is 14.1.